The molecule has 7 nitrogen and oxygen atoms in total. The van der Waals surface area contributed by atoms with E-state index in [1.54, 1.807) is 26.6 Å². The quantitative estimate of drug-likeness (QED) is 0.677. The molecule has 0 spiro atoms. The van der Waals surface area contributed by atoms with Gasteiger partial charge in [-0.1, -0.05) is 0 Å². The summed E-state index contributed by atoms with van der Waals surface area (Å²) in [6.45, 7) is 4.65. The molecule has 0 saturated heterocycles. The van der Waals surface area contributed by atoms with Crippen molar-refractivity contribution in [2.24, 2.45) is 0 Å². The summed E-state index contributed by atoms with van der Waals surface area (Å²) < 4.78 is 11.0. The van der Waals surface area contributed by atoms with E-state index in [4.69, 9.17) is 14.5 Å². The summed E-state index contributed by atoms with van der Waals surface area (Å²) in [5, 5.41) is 0. The predicted octanol–water partition coefficient (Wildman–Crippen LogP) is 2.82. The van der Waals surface area contributed by atoms with E-state index in [1.807, 2.05) is 18.3 Å². The van der Waals surface area contributed by atoms with Crippen LogP contribution in [0.25, 0.3) is 11.4 Å². The number of hydrogen-bond donors (Lipinski definition) is 0. The smallest absolute Gasteiger partial charge is 0.162 e. The molecule has 0 amide bonds. The molecule has 4 rings (SSSR count). The van der Waals surface area contributed by atoms with Crippen molar-refractivity contribution < 1.29 is 9.47 Å². The second-order valence-electron chi connectivity index (χ2n) is 6.88. The maximum atomic E-state index is 5.60. The van der Waals surface area contributed by atoms with Gasteiger partial charge in [-0.2, -0.15) is 0 Å². The highest BCUT2D eigenvalue weighted by Crippen LogP contribution is 2.31. The lowest BCUT2D eigenvalue weighted by Crippen LogP contribution is -2.31. The van der Waals surface area contributed by atoms with Gasteiger partial charge in [0.2, 0.25) is 0 Å². The van der Waals surface area contributed by atoms with Crippen LogP contribution in [0.5, 0.6) is 11.5 Å². The van der Waals surface area contributed by atoms with Crippen molar-refractivity contribution in [3.8, 4) is 22.9 Å². The van der Waals surface area contributed by atoms with Gasteiger partial charge in [0.25, 0.3) is 0 Å². The Bertz CT molecular complexity index is 978. The third kappa shape index (κ3) is 3.66. The maximum absolute atomic E-state index is 5.60. The first-order valence-corrected chi connectivity index (χ1v) is 9.22. The number of nitrogens with zero attached hydrogens (tertiary/aromatic N) is 5. The maximum Gasteiger partial charge on any atom is 0.162 e. The zero-order chi connectivity index (χ0) is 19.5. The number of hydrogen-bond acceptors (Lipinski definition) is 7. The van der Waals surface area contributed by atoms with Gasteiger partial charge in [-0.3, -0.25) is 4.90 Å². The first-order chi connectivity index (χ1) is 13.7. The molecule has 2 aromatic heterocycles. The fourth-order valence-electron chi connectivity index (χ4n) is 3.54. The Kier molecular flexibility index (Phi) is 5.16. The standard InChI is InChI=1S/C21H23N5O2/c1-14-6-17(27-2)7-20(28-3)18(14)12-26-5-4-19-16(11-26)10-24-21(25-19)15-8-22-13-23-9-15/h6-10,13H,4-5,11-12H2,1-3H3. The Morgan fingerprint density at radius 1 is 1.07 bits per heavy atom. The van der Waals surface area contributed by atoms with Crippen molar-refractivity contribution in [3.05, 3.63) is 59.4 Å². The van der Waals surface area contributed by atoms with E-state index < -0.39 is 0 Å². The summed E-state index contributed by atoms with van der Waals surface area (Å²) in [7, 11) is 3.37. The Labute approximate surface area is 164 Å². The summed E-state index contributed by atoms with van der Waals surface area (Å²) in [5.41, 5.74) is 5.45. The van der Waals surface area contributed by atoms with E-state index in [0.717, 1.165) is 59.9 Å². The van der Waals surface area contributed by atoms with Gasteiger partial charge in [0.1, 0.15) is 17.8 Å². The fraction of sp³-hybridized carbons (Fsp3) is 0.333. The Balaban J connectivity index is 1.54. The number of ether oxygens (including phenoxy) is 2. The topological polar surface area (TPSA) is 73.3 Å². The molecule has 3 aromatic rings. The molecule has 1 aliphatic rings. The SMILES string of the molecule is COc1cc(C)c(CN2CCc3nc(-c4cncnc4)ncc3C2)c(OC)c1. The lowest BCUT2D eigenvalue weighted by Gasteiger charge is -2.29. The lowest BCUT2D eigenvalue weighted by atomic mass is 10.0. The van der Waals surface area contributed by atoms with E-state index in [0.29, 0.717) is 5.82 Å². The van der Waals surface area contributed by atoms with Crippen LogP contribution in [0.1, 0.15) is 22.4 Å². The third-order valence-corrected chi connectivity index (χ3v) is 5.07. The zero-order valence-electron chi connectivity index (χ0n) is 16.3. The van der Waals surface area contributed by atoms with Crippen molar-refractivity contribution in [3.63, 3.8) is 0 Å². The van der Waals surface area contributed by atoms with Gasteiger partial charge in [-0.05, 0) is 18.6 Å². The Morgan fingerprint density at radius 3 is 2.64 bits per heavy atom. The molecule has 1 aliphatic heterocycles. The average molecular weight is 377 g/mol. The summed E-state index contributed by atoms with van der Waals surface area (Å²) >= 11 is 0. The highest BCUT2D eigenvalue weighted by Gasteiger charge is 2.21. The van der Waals surface area contributed by atoms with Gasteiger partial charge in [-0.15, -0.1) is 0 Å². The minimum absolute atomic E-state index is 0.681. The van der Waals surface area contributed by atoms with Crippen LogP contribution in [0.15, 0.2) is 37.1 Å². The number of aryl methyl sites for hydroxylation is 1. The second kappa shape index (κ2) is 7.90. The predicted molar refractivity (Wildman–Crippen MR) is 105 cm³/mol. The van der Waals surface area contributed by atoms with Crippen LogP contribution in [0.3, 0.4) is 0 Å². The molecule has 0 bridgehead atoms. The van der Waals surface area contributed by atoms with Crippen LogP contribution in [-0.2, 0) is 19.5 Å². The van der Waals surface area contributed by atoms with Crippen molar-refractivity contribution in [2.45, 2.75) is 26.4 Å². The van der Waals surface area contributed by atoms with Crippen LogP contribution >= 0.6 is 0 Å². The van der Waals surface area contributed by atoms with E-state index in [2.05, 4.69) is 26.8 Å². The monoisotopic (exact) mass is 377 g/mol. The van der Waals surface area contributed by atoms with E-state index in [1.165, 1.54) is 11.9 Å². The number of benzene rings is 1. The molecule has 0 aliphatic carbocycles. The summed E-state index contributed by atoms with van der Waals surface area (Å²) in [4.78, 5) is 19.8. The lowest BCUT2D eigenvalue weighted by molar-refractivity contribution is 0.238. The number of rotatable bonds is 5. The van der Waals surface area contributed by atoms with Crippen LogP contribution in [0, 0.1) is 6.92 Å². The Hall–Kier alpha value is -3.06. The van der Waals surface area contributed by atoms with Gasteiger partial charge in [0.15, 0.2) is 5.82 Å². The normalized spacial score (nSPS) is 13.8. The minimum Gasteiger partial charge on any atom is -0.497 e. The molecule has 7 heteroatoms. The van der Waals surface area contributed by atoms with Crippen molar-refractivity contribution >= 4 is 0 Å². The molecule has 3 heterocycles. The number of methoxy groups -OCH3 is 2. The molecule has 28 heavy (non-hydrogen) atoms. The highest BCUT2D eigenvalue weighted by atomic mass is 16.5. The second-order valence-corrected chi connectivity index (χ2v) is 6.88. The molecule has 1 aromatic carbocycles. The van der Waals surface area contributed by atoms with Crippen molar-refractivity contribution in [1.82, 2.24) is 24.8 Å². The van der Waals surface area contributed by atoms with Gasteiger partial charge < -0.3 is 9.47 Å². The highest BCUT2D eigenvalue weighted by molar-refractivity contribution is 5.52. The molecule has 0 atom stereocenters. The first-order valence-electron chi connectivity index (χ1n) is 9.22. The fourth-order valence-corrected chi connectivity index (χ4v) is 3.54. The van der Waals surface area contributed by atoms with Gasteiger partial charge >= 0.3 is 0 Å². The molecule has 0 unspecified atom stereocenters. The van der Waals surface area contributed by atoms with Crippen LogP contribution in [0.2, 0.25) is 0 Å². The minimum atomic E-state index is 0.681. The largest absolute Gasteiger partial charge is 0.497 e. The molecule has 144 valence electrons. The zero-order valence-corrected chi connectivity index (χ0v) is 16.3. The van der Waals surface area contributed by atoms with Crippen LogP contribution in [0.4, 0.5) is 0 Å². The summed E-state index contributed by atoms with van der Waals surface area (Å²) in [6.07, 6.45) is 7.80. The molecular weight excluding hydrogens is 354 g/mol. The summed E-state index contributed by atoms with van der Waals surface area (Å²) in [5.74, 6) is 2.35. The molecule has 0 N–H and O–H groups in total. The van der Waals surface area contributed by atoms with Crippen LogP contribution < -0.4 is 9.47 Å². The number of aromatic nitrogens is 4. The molecule has 0 fully saturated rings. The van der Waals surface area contributed by atoms with Crippen LogP contribution in [-0.4, -0.2) is 45.6 Å². The number of fused-ring (bicyclic) bond motifs is 1. The third-order valence-electron chi connectivity index (χ3n) is 5.07. The first kappa shape index (κ1) is 18.3. The van der Waals surface area contributed by atoms with Crippen molar-refractivity contribution in [2.75, 3.05) is 20.8 Å². The van der Waals surface area contributed by atoms with Gasteiger partial charge in [-0.25, -0.2) is 19.9 Å². The molecule has 0 saturated carbocycles. The molecule has 0 radical (unpaired) electrons. The average Bonchev–Trinajstić information content (AvgIpc) is 2.75. The Morgan fingerprint density at radius 2 is 1.89 bits per heavy atom. The summed E-state index contributed by atoms with van der Waals surface area (Å²) in [6, 6.07) is 3.99. The van der Waals surface area contributed by atoms with E-state index in [-0.39, 0.29) is 0 Å². The van der Waals surface area contributed by atoms with Gasteiger partial charge in [0, 0.05) is 61.8 Å². The molecular formula is C21H23N5O2. The van der Waals surface area contributed by atoms with Gasteiger partial charge in [0.05, 0.1) is 25.5 Å². The van der Waals surface area contributed by atoms with Crippen molar-refractivity contribution in [1.29, 1.82) is 0 Å². The van der Waals surface area contributed by atoms with E-state index in [9.17, 15) is 0 Å². The van der Waals surface area contributed by atoms with E-state index >= 15 is 0 Å².